The fourth-order valence-corrected chi connectivity index (χ4v) is 7.68. The summed E-state index contributed by atoms with van der Waals surface area (Å²) in [5.74, 6) is -2.17. The smallest absolute Gasteiger partial charge is 0.495 e. The summed E-state index contributed by atoms with van der Waals surface area (Å²) < 4.78 is 85.6. The van der Waals surface area contributed by atoms with Crippen LogP contribution in [0.15, 0.2) is 67.0 Å². The van der Waals surface area contributed by atoms with Crippen molar-refractivity contribution in [1.82, 2.24) is 24.6 Å². The number of methoxy groups -OCH3 is 1. The maximum Gasteiger partial charge on any atom is 0.573 e. The third-order valence-corrected chi connectivity index (χ3v) is 10.6. The third kappa shape index (κ3) is 9.69. The average molecular weight is 836 g/mol. The summed E-state index contributed by atoms with van der Waals surface area (Å²) in [5, 5.41) is 4.32. The topological polar surface area (TPSA) is 122 Å². The minimum Gasteiger partial charge on any atom is -0.495 e. The number of rotatable bonds is 10. The van der Waals surface area contributed by atoms with Crippen molar-refractivity contribution >= 4 is 39.7 Å². The molecule has 16 heteroatoms. The van der Waals surface area contributed by atoms with Gasteiger partial charge in [0, 0.05) is 94.3 Å². The molecule has 0 unspecified atom stereocenters. The molecule has 0 atom stereocenters. The number of H-pyrrole nitrogens is 1. The lowest BCUT2D eigenvalue weighted by atomic mass is 9.87. The summed E-state index contributed by atoms with van der Waals surface area (Å²) in [6, 6.07) is 12.0. The van der Waals surface area contributed by atoms with E-state index < -0.39 is 29.7 Å². The number of nitrogen functional groups attached to an aromatic ring is 1. The Hall–Kier alpha value is -6.06. The molecule has 2 aromatic heterocycles. The van der Waals surface area contributed by atoms with E-state index in [0.717, 1.165) is 0 Å². The van der Waals surface area contributed by atoms with Crippen LogP contribution < -0.4 is 20.1 Å². The van der Waals surface area contributed by atoms with Gasteiger partial charge < -0.3 is 34.9 Å². The number of ether oxygens (including phenoxy) is 2. The van der Waals surface area contributed by atoms with Crippen LogP contribution >= 0.6 is 0 Å². The Morgan fingerprint density at radius 3 is 2.37 bits per heavy atom. The van der Waals surface area contributed by atoms with Crippen LogP contribution in [0.1, 0.15) is 73.5 Å². The maximum absolute atomic E-state index is 16.6. The summed E-state index contributed by atoms with van der Waals surface area (Å²) in [7, 11) is 4.50. The molecule has 2 aliphatic heterocycles. The monoisotopic (exact) mass is 835 g/mol. The number of aryl methyl sites for hydroxylation is 1. The highest BCUT2D eigenvalue weighted by molar-refractivity contribution is 6.05. The molecule has 11 nitrogen and oxygen atoms in total. The van der Waals surface area contributed by atoms with Crippen LogP contribution in [-0.4, -0.2) is 90.1 Å². The van der Waals surface area contributed by atoms with Crippen molar-refractivity contribution in [3.63, 3.8) is 0 Å². The summed E-state index contributed by atoms with van der Waals surface area (Å²) in [4.78, 5) is 34.0. The summed E-state index contributed by atoms with van der Waals surface area (Å²) in [6.07, 6.45) is 2.97. The molecule has 0 aliphatic carbocycles. The van der Waals surface area contributed by atoms with E-state index in [1.165, 1.54) is 68.9 Å². The fraction of sp³-hybridized carbons (Fsp3) is 0.386. The van der Waals surface area contributed by atoms with Crippen molar-refractivity contribution in [3.05, 3.63) is 95.5 Å². The van der Waals surface area contributed by atoms with E-state index >= 15 is 4.39 Å². The molecule has 0 saturated carbocycles. The van der Waals surface area contributed by atoms with Crippen LogP contribution in [-0.2, 0) is 11.3 Å². The zero-order chi connectivity index (χ0) is 43.3. The third-order valence-electron chi connectivity index (χ3n) is 10.6. The molecule has 0 bridgehead atoms. The lowest BCUT2D eigenvalue weighted by molar-refractivity contribution is -0.274. The molecule has 2 amide bonds. The number of aromatic nitrogens is 3. The molecule has 60 heavy (non-hydrogen) atoms. The highest BCUT2D eigenvalue weighted by Gasteiger charge is 2.34. The first-order valence-corrected chi connectivity index (χ1v) is 19.9. The number of piperidine rings is 1. The van der Waals surface area contributed by atoms with Gasteiger partial charge in [-0.15, -0.1) is 13.2 Å². The first-order valence-electron chi connectivity index (χ1n) is 19.9. The van der Waals surface area contributed by atoms with Crippen LogP contribution in [0.5, 0.6) is 11.5 Å². The Morgan fingerprint density at radius 2 is 1.72 bits per heavy atom. The molecule has 0 spiro atoms. The minimum atomic E-state index is -5.07. The molecular formula is C44H50F5N7O4. The second-order valence-corrected chi connectivity index (χ2v) is 15.1. The molecule has 3 aromatic carbocycles. The second kappa shape index (κ2) is 18.5. The van der Waals surface area contributed by atoms with E-state index in [1.807, 2.05) is 11.0 Å². The lowest BCUT2D eigenvalue weighted by Crippen LogP contribution is -2.36. The SMILES string of the molecule is CCC.COc1cc(N2CCC(c3ccc(-c4cc(C5=CCCN(C(=O)CCn6cccn6)C5)c(F)c5[nH]c(C(=O)N(C)C)cc45)c(OC(F)(F)F)c3)CC2)c(F)cc1N. The number of fused-ring (bicyclic) bond motifs is 1. The standard InChI is InChI=1S/C41H42F5N7O4.C3H8/c1-50(2)40(55)33-20-30-29(19-28(38(43)39(30)49-33)26-6-4-13-52(23-26)37(54)11-17-53-14-5-12-48-53)27-8-7-25(18-35(27)57-41(44,45)46)24-9-15-51(16-10-24)34-22-36(56-3)32(47)21-31(34)42;1-3-2/h5-8,12,14,18-22,24,49H,4,9-11,13,15-17,23,47H2,1-3H3;3H2,1-2H3. The van der Waals surface area contributed by atoms with Crippen molar-refractivity contribution in [2.75, 3.05) is 58.0 Å². The molecule has 7 rings (SSSR count). The number of hydrogen-bond donors (Lipinski definition) is 2. The minimum absolute atomic E-state index is 0.0298. The Labute approximate surface area is 345 Å². The molecule has 1 fully saturated rings. The molecule has 2 aliphatic rings. The number of alkyl halides is 3. The molecule has 5 aromatic rings. The summed E-state index contributed by atoms with van der Waals surface area (Å²) in [5.41, 5.74) is 7.68. The molecule has 1 saturated heterocycles. The number of carbonyl (C=O) groups excluding carboxylic acids is 2. The first kappa shape index (κ1) is 43.5. The Bertz CT molecular complexity index is 2350. The van der Waals surface area contributed by atoms with Gasteiger partial charge in [-0.05, 0) is 66.1 Å². The van der Waals surface area contributed by atoms with Crippen LogP contribution in [0.25, 0.3) is 27.6 Å². The predicted octanol–water partition coefficient (Wildman–Crippen LogP) is 9.01. The van der Waals surface area contributed by atoms with Gasteiger partial charge >= 0.3 is 6.36 Å². The van der Waals surface area contributed by atoms with Crippen LogP contribution in [0.3, 0.4) is 0 Å². The zero-order valence-electron chi connectivity index (χ0n) is 34.3. The van der Waals surface area contributed by atoms with Gasteiger partial charge in [0.25, 0.3) is 5.91 Å². The molecule has 4 heterocycles. The largest absolute Gasteiger partial charge is 0.573 e. The Morgan fingerprint density at radius 1 is 0.983 bits per heavy atom. The Kier molecular flexibility index (Phi) is 13.4. The number of hydrogen-bond acceptors (Lipinski definition) is 7. The lowest BCUT2D eigenvalue weighted by Gasteiger charge is -2.34. The zero-order valence-corrected chi connectivity index (χ0v) is 34.3. The van der Waals surface area contributed by atoms with Crippen molar-refractivity contribution in [1.29, 1.82) is 0 Å². The summed E-state index contributed by atoms with van der Waals surface area (Å²) in [6.45, 7) is 5.93. The van der Waals surface area contributed by atoms with E-state index in [-0.39, 0.29) is 63.8 Å². The van der Waals surface area contributed by atoms with E-state index in [2.05, 4.69) is 28.7 Å². The number of benzene rings is 3. The molecular weight excluding hydrogens is 786 g/mol. The number of nitrogens with two attached hydrogens (primary N) is 1. The molecule has 0 radical (unpaired) electrons. The van der Waals surface area contributed by atoms with Gasteiger partial charge in [-0.2, -0.15) is 5.10 Å². The fourth-order valence-electron chi connectivity index (χ4n) is 7.68. The van der Waals surface area contributed by atoms with Crippen LogP contribution in [0.4, 0.5) is 33.3 Å². The van der Waals surface area contributed by atoms with Gasteiger partial charge in [0.05, 0.1) is 24.0 Å². The number of nitrogens with one attached hydrogen (secondary N) is 1. The normalized spacial score (nSPS) is 14.7. The number of halogens is 5. The molecule has 320 valence electrons. The van der Waals surface area contributed by atoms with Gasteiger partial charge in [-0.3, -0.25) is 14.3 Å². The summed E-state index contributed by atoms with van der Waals surface area (Å²) >= 11 is 0. The van der Waals surface area contributed by atoms with E-state index in [4.69, 9.17) is 10.5 Å². The first-order chi connectivity index (χ1) is 28.6. The van der Waals surface area contributed by atoms with Gasteiger partial charge in [-0.25, -0.2) is 8.78 Å². The average Bonchev–Trinajstić information content (AvgIpc) is 3.92. The van der Waals surface area contributed by atoms with Gasteiger partial charge in [0.15, 0.2) is 5.82 Å². The van der Waals surface area contributed by atoms with Gasteiger partial charge in [0.1, 0.15) is 23.0 Å². The van der Waals surface area contributed by atoms with E-state index in [0.29, 0.717) is 68.0 Å². The van der Waals surface area contributed by atoms with Crippen LogP contribution in [0.2, 0.25) is 0 Å². The van der Waals surface area contributed by atoms with Crippen molar-refractivity contribution in [3.8, 4) is 22.6 Å². The number of anilines is 2. The van der Waals surface area contributed by atoms with Crippen molar-refractivity contribution in [2.24, 2.45) is 0 Å². The number of nitrogens with zero attached hydrogens (tertiary/aromatic N) is 5. The van der Waals surface area contributed by atoms with E-state index in [9.17, 15) is 27.2 Å². The maximum atomic E-state index is 16.6. The van der Waals surface area contributed by atoms with E-state index in [1.54, 1.807) is 34.1 Å². The highest BCUT2D eigenvalue weighted by atomic mass is 19.4. The van der Waals surface area contributed by atoms with Crippen LogP contribution in [0, 0.1) is 11.6 Å². The Balaban J connectivity index is 0.00000195. The van der Waals surface area contributed by atoms with Crippen molar-refractivity contribution in [2.45, 2.75) is 64.8 Å². The number of carbonyl (C=O) groups is 2. The number of amides is 2. The quantitative estimate of drug-likeness (QED) is 0.106. The second-order valence-electron chi connectivity index (χ2n) is 15.1. The van der Waals surface area contributed by atoms with Gasteiger partial charge in [0.2, 0.25) is 5.91 Å². The predicted molar refractivity (Wildman–Crippen MR) is 222 cm³/mol. The molecule has 3 N–H and O–H groups in total. The van der Waals surface area contributed by atoms with Gasteiger partial charge in [-0.1, -0.05) is 38.5 Å². The van der Waals surface area contributed by atoms with Crippen molar-refractivity contribution < 1.29 is 41.0 Å². The number of aromatic amines is 1. The highest BCUT2D eigenvalue weighted by Crippen LogP contribution is 2.44.